The van der Waals surface area contributed by atoms with Crippen LogP contribution in [0.2, 0.25) is 5.02 Å². The van der Waals surface area contributed by atoms with Crippen LogP contribution < -0.4 is 4.90 Å². The number of hydrogen-bond acceptors (Lipinski definition) is 2. The van der Waals surface area contributed by atoms with Crippen LogP contribution in [0.5, 0.6) is 0 Å². The zero-order valence-electron chi connectivity index (χ0n) is 9.05. The van der Waals surface area contributed by atoms with Gasteiger partial charge in [-0.25, -0.2) is 0 Å². The molecule has 0 fully saturated rings. The Labute approximate surface area is 102 Å². The molecule has 0 aromatic heterocycles. The van der Waals surface area contributed by atoms with E-state index >= 15 is 0 Å². The van der Waals surface area contributed by atoms with E-state index in [1.54, 1.807) is 11.9 Å². The Hall–Kier alpha value is -1.41. The molecule has 1 aromatic rings. The third kappa shape index (κ3) is 3.53. The van der Waals surface area contributed by atoms with E-state index < -0.39 is 11.7 Å². The summed E-state index contributed by atoms with van der Waals surface area (Å²) in [6.07, 6.45) is -4.22. The molecule has 0 unspecified atom stereocenters. The molecule has 0 radical (unpaired) electrons. The molecule has 0 heterocycles. The van der Waals surface area contributed by atoms with Crippen LogP contribution in [0.15, 0.2) is 18.2 Å². The van der Waals surface area contributed by atoms with Gasteiger partial charge >= 0.3 is 6.18 Å². The van der Waals surface area contributed by atoms with E-state index in [1.807, 2.05) is 6.07 Å². The number of alkyl halides is 3. The highest BCUT2D eigenvalue weighted by molar-refractivity contribution is 6.31. The Kier molecular flexibility index (Phi) is 4.24. The molecule has 0 N–H and O–H groups in total. The third-order valence-corrected chi connectivity index (χ3v) is 2.58. The molecule has 0 saturated heterocycles. The van der Waals surface area contributed by atoms with Crippen molar-refractivity contribution in [3.8, 4) is 6.07 Å². The topological polar surface area (TPSA) is 27.0 Å². The Morgan fingerprint density at radius 3 is 2.59 bits per heavy atom. The lowest BCUT2D eigenvalue weighted by atomic mass is 10.2. The van der Waals surface area contributed by atoms with E-state index in [0.29, 0.717) is 12.2 Å². The Morgan fingerprint density at radius 2 is 2.06 bits per heavy atom. The number of nitriles is 1. The number of hydrogen-bond donors (Lipinski definition) is 0. The molecule has 0 bridgehead atoms. The van der Waals surface area contributed by atoms with Crippen LogP contribution in [0.4, 0.5) is 18.9 Å². The molecule has 0 spiro atoms. The maximum atomic E-state index is 12.6. The third-order valence-electron chi connectivity index (χ3n) is 2.26. The minimum atomic E-state index is -4.47. The second-order valence-corrected chi connectivity index (χ2v) is 3.90. The summed E-state index contributed by atoms with van der Waals surface area (Å²) in [5.74, 6) is 0. The summed E-state index contributed by atoms with van der Waals surface area (Å²) in [6.45, 7) is 0.370. The number of nitrogens with zero attached hydrogens (tertiary/aromatic N) is 2. The molecule has 6 heteroatoms. The molecule has 0 saturated carbocycles. The van der Waals surface area contributed by atoms with Crippen molar-refractivity contribution in [1.82, 2.24) is 0 Å². The SMILES string of the molecule is CN(CCC#N)c1ccc(Cl)c(C(F)(F)F)c1. The molecule has 92 valence electrons. The van der Waals surface area contributed by atoms with Crippen molar-refractivity contribution >= 4 is 17.3 Å². The standard InChI is InChI=1S/C11H10ClF3N2/c1-17(6-2-5-16)8-3-4-10(12)9(7-8)11(13,14)15/h3-4,7H,2,6H2,1H3. The van der Waals surface area contributed by atoms with Gasteiger partial charge in [-0.05, 0) is 18.2 Å². The summed E-state index contributed by atoms with van der Waals surface area (Å²) in [6, 6.07) is 5.63. The summed E-state index contributed by atoms with van der Waals surface area (Å²) in [7, 11) is 1.63. The molecule has 0 aliphatic heterocycles. The van der Waals surface area contributed by atoms with E-state index in [1.165, 1.54) is 12.1 Å². The maximum absolute atomic E-state index is 12.6. The Bertz CT molecular complexity index is 437. The van der Waals surface area contributed by atoms with Crippen LogP contribution in [-0.2, 0) is 6.18 Å². The van der Waals surface area contributed by atoms with Crippen LogP contribution in [-0.4, -0.2) is 13.6 Å². The first-order chi connectivity index (χ1) is 7.86. The minimum Gasteiger partial charge on any atom is -0.374 e. The molecule has 0 atom stereocenters. The minimum absolute atomic E-state index is 0.250. The molecule has 0 aliphatic rings. The molecular formula is C11H10ClF3N2. The molecular weight excluding hydrogens is 253 g/mol. The molecule has 1 aromatic carbocycles. The molecule has 17 heavy (non-hydrogen) atoms. The van der Waals surface area contributed by atoms with Crippen LogP contribution >= 0.6 is 11.6 Å². The molecule has 0 amide bonds. The summed E-state index contributed by atoms with van der Waals surface area (Å²) in [5.41, 5.74) is -0.475. The van der Waals surface area contributed by atoms with Gasteiger partial charge in [0.05, 0.1) is 23.1 Å². The van der Waals surface area contributed by atoms with Crippen molar-refractivity contribution in [2.45, 2.75) is 12.6 Å². The average Bonchev–Trinajstić information content (AvgIpc) is 2.25. The first-order valence-corrected chi connectivity index (χ1v) is 5.19. The summed E-state index contributed by atoms with van der Waals surface area (Å²) < 4.78 is 37.8. The fourth-order valence-electron chi connectivity index (χ4n) is 1.31. The first kappa shape index (κ1) is 13.7. The smallest absolute Gasteiger partial charge is 0.374 e. The number of benzene rings is 1. The largest absolute Gasteiger partial charge is 0.417 e. The van der Waals surface area contributed by atoms with E-state index in [0.717, 1.165) is 6.07 Å². The van der Waals surface area contributed by atoms with Crippen molar-refractivity contribution in [2.75, 3.05) is 18.5 Å². The summed E-state index contributed by atoms with van der Waals surface area (Å²) >= 11 is 5.50. The number of halogens is 4. The van der Waals surface area contributed by atoms with Crippen LogP contribution in [0.1, 0.15) is 12.0 Å². The monoisotopic (exact) mass is 262 g/mol. The van der Waals surface area contributed by atoms with Gasteiger partial charge in [0.2, 0.25) is 0 Å². The van der Waals surface area contributed by atoms with Gasteiger partial charge in [-0.1, -0.05) is 11.6 Å². The van der Waals surface area contributed by atoms with Crippen molar-refractivity contribution in [3.63, 3.8) is 0 Å². The zero-order valence-corrected chi connectivity index (χ0v) is 9.81. The van der Waals surface area contributed by atoms with E-state index in [4.69, 9.17) is 16.9 Å². The second kappa shape index (κ2) is 5.28. The zero-order chi connectivity index (χ0) is 13.1. The Balaban J connectivity index is 3.01. The van der Waals surface area contributed by atoms with Gasteiger partial charge in [-0.15, -0.1) is 0 Å². The van der Waals surface area contributed by atoms with Gasteiger partial charge in [-0.2, -0.15) is 18.4 Å². The van der Waals surface area contributed by atoms with E-state index in [9.17, 15) is 13.2 Å². The van der Waals surface area contributed by atoms with Crippen molar-refractivity contribution in [3.05, 3.63) is 28.8 Å². The fraction of sp³-hybridized carbons (Fsp3) is 0.364. The van der Waals surface area contributed by atoms with E-state index in [-0.39, 0.29) is 11.4 Å². The van der Waals surface area contributed by atoms with Gasteiger partial charge in [0.15, 0.2) is 0 Å². The van der Waals surface area contributed by atoms with Gasteiger partial charge in [0, 0.05) is 19.3 Å². The van der Waals surface area contributed by atoms with Gasteiger partial charge in [0.25, 0.3) is 0 Å². The maximum Gasteiger partial charge on any atom is 0.417 e. The highest BCUT2D eigenvalue weighted by Crippen LogP contribution is 2.36. The quantitative estimate of drug-likeness (QED) is 0.830. The molecule has 0 aliphatic carbocycles. The van der Waals surface area contributed by atoms with Gasteiger partial charge in [0.1, 0.15) is 0 Å². The second-order valence-electron chi connectivity index (χ2n) is 3.49. The van der Waals surface area contributed by atoms with Crippen LogP contribution in [0, 0.1) is 11.3 Å². The van der Waals surface area contributed by atoms with E-state index in [2.05, 4.69) is 0 Å². The van der Waals surface area contributed by atoms with Gasteiger partial charge < -0.3 is 4.90 Å². The molecule has 1 rings (SSSR count). The highest BCUT2D eigenvalue weighted by Gasteiger charge is 2.33. The Morgan fingerprint density at radius 1 is 1.41 bits per heavy atom. The van der Waals surface area contributed by atoms with Crippen LogP contribution in [0.3, 0.4) is 0 Å². The lowest BCUT2D eigenvalue weighted by molar-refractivity contribution is -0.137. The van der Waals surface area contributed by atoms with Gasteiger partial charge in [-0.3, -0.25) is 0 Å². The molecule has 2 nitrogen and oxygen atoms in total. The predicted octanol–water partition coefficient (Wildman–Crippen LogP) is 3.71. The fourth-order valence-corrected chi connectivity index (χ4v) is 1.54. The number of rotatable bonds is 3. The highest BCUT2D eigenvalue weighted by atomic mass is 35.5. The van der Waals surface area contributed by atoms with Crippen LogP contribution in [0.25, 0.3) is 0 Å². The summed E-state index contributed by atoms with van der Waals surface area (Å²) in [5, 5.41) is 8.09. The number of anilines is 1. The average molecular weight is 263 g/mol. The first-order valence-electron chi connectivity index (χ1n) is 4.81. The lowest BCUT2D eigenvalue weighted by Crippen LogP contribution is -2.19. The van der Waals surface area contributed by atoms with Crippen molar-refractivity contribution in [1.29, 1.82) is 5.26 Å². The van der Waals surface area contributed by atoms with Crippen molar-refractivity contribution in [2.24, 2.45) is 0 Å². The lowest BCUT2D eigenvalue weighted by Gasteiger charge is -2.19. The summed E-state index contributed by atoms with van der Waals surface area (Å²) in [4.78, 5) is 1.58. The normalized spacial score (nSPS) is 11.1. The van der Waals surface area contributed by atoms with Crippen molar-refractivity contribution < 1.29 is 13.2 Å². The predicted molar refractivity (Wildman–Crippen MR) is 60.0 cm³/mol.